The van der Waals surface area contributed by atoms with Crippen LogP contribution in [0, 0.1) is 5.92 Å². The van der Waals surface area contributed by atoms with Crippen molar-refractivity contribution in [1.82, 2.24) is 16.0 Å². The molecule has 0 aliphatic carbocycles. The van der Waals surface area contributed by atoms with E-state index in [1.807, 2.05) is 13.8 Å². The Hall–Kier alpha value is -0.610. The Kier molecular flexibility index (Phi) is 17.0. The molecule has 0 bridgehead atoms. The van der Waals surface area contributed by atoms with Crippen LogP contribution in [-0.4, -0.2) is 58.0 Å². The molecule has 8 heteroatoms. The molecule has 3 amide bonds. The summed E-state index contributed by atoms with van der Waals surface area (Å²) >= 11 is 0. The standard InChI is InChI=1S/C13H27N3O4.HI.3H2/c1-11(2)10-16-13(18)15-5-7-20-9-8-19-6-4-14-12(3)17;;;;/h11H,4-10H2,1-3H3,(H,14,17)(H2,15,16,18);4*1H. The molecule has 7 nitrogen and oxygen atoms in total. The summed E-state index contributed by atoms with van der Waals surface area (Å²) < 4.78 is 10.5. The summed E-state index contributed by atoms with van der Waals surface area (Å²) in [6.45, 7) is 9.03. The van der Waals surface area contributed by atoms with Gasteiger partial charge in [0.15, 0.2) is 0 Å². The summed E-state index contributed by atoms with van der Waals surface area (Å²) in [4.78, 5) is 21.8. The molecule has 0 aromatic heterocycles. The minimum atomic E-state index is -0.172. The topological polar surface area (TPSA) is 88.7 Å². The van der Waals surface area contributed by atoms with Crippen LogP contribution in [-0.2, 0) is 14.3 Å². The predicted octanol–water partition coefficient (Wildman–Crippen LogP) is 1.47. The minimum absolute atomic E-state index is 0. The lowest BCUT2D eigenvalue weighted by molar-refractivity contribution is -0.119. The van der Waals surface area contributed by atoms with Gasteiger partial charge >= 0.3 is 6.03 Å². The van der Waals surface area contributed by atoms with Crippen LogP contribution < -0.4 is 16.0 Å². The van der Waals surface area contributed by atoms with Gasteiger partial charge in [-0.15, -0.1) is 24.0 Å². The second-order valence-electron chi connectivity index (χ2n) is 4.74. The van der Waals surface area contributed by atoms with E-state index in [0.29, 0.717) is 52.0 Å². The van der Waals surface area contributed by atoms with E-state index in [1.165, 1.54) is 6.92 Å². The Morgan fingerprint density at radius 3 is 1.95 bits per heavy atom. The molecule has 0 aromatic rings. The molecule has 0 aliphatic heterocycles. The Morgan fingerprint density at radius 1 is 0.952 bits per heavy atom. The van der Waals surface area contributed by atoms with Gasteiger partial charge in [-0.2, -0.15) is 0 Å². The molecule has 3 N–H and O–H groups in total. The summed E-state index contributed by atoms with van der Waals surface area (Å²) in [5, 5.41) is 8.08. The molecule has 0 atom stereocenters. The van der Waals surface area contributed by atoms with Crippen LogP contribution >= 0.6 is 24.0 Å². The van der Waals surface area contributed by atoms with Crippen LogP contribution in [0.5, 0.6) is 0 Å². The third kappa shape index (κ3) is 19.4. The zero-order valence-electron chi connectivity index (χ0n) is 13.1. The Morgan fingerprint density at radius 2 is 1.48 bits per heavy atom. The van der Waals surface area contributed by atoms with Gasteiger partial charge in [-0.3, -0.25) is 4.79 Å². The highest BCUT2D eigenvalue weighted by atomic mass is 127. The van der Waals surface area contributed by atoms with Crippen LogP contribution in [0.4, 0.5) is 4.79 Å². The first-order valence-electron chi connectivity index (χ1n) is 6.94. The van der Waals surface area contributed by atoms with Crippen LogP contribution in [0.15, 0.2) is 0 Å². The molecule has 0 saturated heterocycles. The average molecular weight is 423 g/mol. The Balaban J connectivity index is -0.000000301. The van der Waals surface area contributed by atoms with E-state index in [0.717, 1.165) is 0 Å². The van der Waals surface area contributed by atoms with Gasteiger partial charge in [0.05, 0.1) is 26.4 Å². The normalized spacial score (nSPS) is 9.90. The van der Waals surface area contributed by atoms with Crippen molar-refractivity contribution in [2.45, 2.75) is 20.8 Å². The smallest absolute Gasteiger partial charge is 0.314 e. The lowest BCUT2D eigenvalue weighted by Crippen LogP contribution is -2.39. The number of carbonyl (C=O) groups excluding carboxylic acids is 2. The van der Waals surface area contributed by atoms with Crippen molar-refractivity contribution in [3.8, 4) is 0 Å². The van der Waals surface area contributed by atoms with E-state index in [9.17, 15) is 9.59 Å². The number of halogens is 1. The van der Waals surface area contributed by atoms with Gasteiger partial charge in [-0.25, -0.2) is 4.79 Å². The zero-order valence-corrected chi connectivity index (χ0v) is 15.4. The van der Waals surface area contributed by atoms with Gasteiger partial charge in [0.25, 0.3) is 0 Å². The summed E-state index contributed by atoms with van der Waals surface area (Å²) in [5.74, 6) is 0.373. The van der Waals surface area contributed by atoms with E-state index >= 15 is 0 Å². The Labute approximate surface area is 148 Å². The maximum Gasteiger partial charge on any atom is 0.314 e. The first-order valence-corrected chi connectivity index (χ1v) is 6.94. The number of hydrogen-bond donors (Lipinski definition) is 3. The average Bonchev–Trinajstić information content (AvgIpc) is 2.38. The van der Waals surface area contributed by atoms with Crippen molar-refractivity contribution >= 4 is 35.9 Å². The van der Waals surface area contributed by atoms with E-state index in [1.54, 1.807) is 0 Å². The van der Waals surface area contributed by atoms with E-state index < -0.39 is 0 Å². The SMILES string of the molecule is CC(=O)NCCOCCOCCNC(=O)NCC(C)C.I.[HH].[HH].[HH]. The van der Waals surface area contributed by atoms with Crippen LogP contribution in [0.25, 0.3) is 0 Å². The molecule has 0 spiro atoms. The molecular weight excluding hydrogens is 389 g/mol. The fourth-order valence-electron chi connectivity index (χ4n) is 1.22. The lowest BCUT2D eigenvalue weighted by atomic mass is 10.2. The third-order valence-electron chi connectivity index (χ3n) is 2.20. The molecule has 0 fully saturated rings. The molecule has 21 heavy (non-hydrogen) atoms. The molecular formula is C13H34IN3O4. The number of nitrogens with one attached hydrogen (secondary N) is 3. The van der Waals surface area contributed by atoms with Gasteiger partial charge in [-0.1, -0.05) is 13.8 Å². The highest BCUT2D eigenvalue weighted by molar-refractivity contribution is 14.0. The van der Waals surface area contributed by atoms with Gasteiger partial charge in [0, 0.05) is 30.8 Å². The molecule has 0 radical (unpaired) electrons. The molecule has 0 unspecified atom stereocenters. The van der Waals surface area contributed by atoms with E-state index in [4.69, 9.17) is 9.47 Å². The van der Waals surface area contributed by atoms with Gasteiger partial charge in [-0.05, 0) is 5.92 Å². The number of urea groups is 1. The summed E-state index contributed by atoms with van der Waals surface area (Å²) in [6, 6.07) is -0.172. The molecule has 0 heterocycles. The first kappa shape index (κ1) is 22.7. The lowest BCUT2D eigenvalue weighted by Gasteiger charge is -2.10. The fraction of sp³-hybridized carbons (Fsp3) is 0.846. The summed E-state index contributed by atoms with van der Waals surface area (Å²) in [5.41, 5.74) is 0. The van der Waals surface area contributed by atoms with Crippen LogP contribution in [0.1, 0.15) is 25.1 Å². The quantitative estimate of drug-likeness (QED) is 0.347. The maximum absolute atomic E-state index is 11.3. The predicted molar refractivity (Wildman–Crippen MR) is 98.3 cm³/mol. The van der Waals surface area contributed by atoms with Crippen molar-refractivity contribution in [3.05, 3.63) is 0 Å². The second kappa shape index (κ2) is 15.8. The second-order valence-corrected chi connectivity index (χ2v) is 4.74. The van der Waals surface area contributed by atoms with Crippen molar-refractivity contribution in [3.63, 3.8) is 0 Å². The zero-order chi connectivity index (χ0) is 15.2. The fourth-order valence-corrected chi connectivity index (χ4v) is 1.22. The van der Waals surface area contributed by atoms with Crippen LogP contribution in [0.2, 0.25) is 0 Å². The Bertz CT molecular complexity index is 291. The van der Waals surface area contributed by atoms with E-state index in [-0.39, 0.29) is 40.2 Å². The number of hydrogen-bond acceptors (Lipinski definition) is 4. The molecule has 132 valence electrons. The molecule has 0 rings (SSSR count). The maximum atomic E-state index is 11.3. The van der Waals surface area contributed by atoms with Gasteiger partial charge in [0.2, 0.25) is 5.91 Å². The highest BCUT2D eigenvalue weighted by Gasteiger charge is 2.00. The van der Waals surface area contributed by atoms with Gasteiger partial charge < -0.3 is 25.4 Å². The first-order chi connectivity index (χ1) is 9.52. The summed E-state index contributed by atoms with van der Waals surface area (Å²) in [7, 11) is 0. The van der Waals surface area contributed by atoms with Crippen molar-refractivity contribution < 1.29 is 23.3 Å². The highest BCUT2D eigenvalue weighted by Crippen LogP contribution is 1.86. The third-order valence-corrected chi connectivity index (χ3v) is 2.20. The van der Waals surface area contributed by atoms with Crippen molar-refractivity contribution in [2.75, 3.05) is 46.1 Å². The number of amides is 3. The number of rotatable bonds is 11. The molecule has 0 aliphatic rings. The molecule has 0 aromatic carbocycles. The number of carbonyl (C=O) groups is 2. The summed E-state index contributed by atoms with van der Waals surface area (Å²) in [6.07, 6.45) is 0. The minimum Gasteiger partial charge on any atom is -0.377 e. The monoisotopic (exact) mass is 423 g/mol. The largest absolute Gasteiger partial charge is 0.377 e. The van der Waals surface area contributed by atoms with Crippen molar-refractivity contribution in [1.29, 1.82) is 0 Å². The van der Waals surface area contributed by atoms with Crippen LogP contribution in [0.3, 0.4) is 0 Å². The van der Waals surface area contributed by atoms with E-state index in [2.05, 4.69) is 16.0 Å². The molecule has 0 saturated carbocycles. The van der Waals surface area contributed by atoms with Gasteiger partial charge in [0.1, 0.15) is 0 Å². The van der Waals surface area contributed by atoms with Crippen molar-refractivity contribution in [2.24, 2.45) is 5.92 Å². The number of ether oxygens (including phenoxy) is 2.